The number of rotatable bonds is 4. The highest BCUT2D eigenvalue weighted by molar-refractivity contribution is 6.10. The van der Waals surface area contributed by atoms with Gasteiger partial charge in [0.1, 0.15) is 0 Å². The van der Waals surface area contributed by atoms with Gasteiger partial charge in [-0.05, 0) is 64.6 Å². The van der Waals surface area contributed by atoms with E-state index >= 15 is 0 Å². The molecule has 7 aromatic rings. The third-order valence-corrected chi connectivity index (χ3v) is 7.58. The number of hydrogen-bond donors (Lipinski definition) is 0. The van der Waals surface area contributed by atoms with Crippen molar-refractivity contribution in [3.63, 3.8) is 0 Å². The highest BCUT2D eigenvalue weighted by atomic mass is 16.4. The minimum atomic E-state index is 0.105. The van der Waals surface area contributed by atoms with E-state index in [0.717, 1.165) is 38.8 Å². The van der Waals surface area contributed by atoms with Crippen LogP contribution in [0.15, 0.2) is 126 Å². The van der Waals surface area contributed by atoms with Gasteiger partial charge in [-0.25, -0.2) is 0 Å². The Labute approximate surface area is 233 Å². The van der Waals surface area contributed by atoms with Crippen LogP contribution in [-0.2, 0) is 5.41 Å². The molecule has 0 aliphatic carbocycles. The van der Waals surface area contributed by atoms with Crippen molar-refractivity contribution in [2.24, 2.45) is 0 Å². The maximum Gasteiger partial charge on any atom is 0.248 e. The van der Waals surface area contributed by atoms with Crippen LogP contribution < -0.4 is 0 Å². The second-order valence-corrected chi connectivity index (χ2v) is 11.2. The van der Waals surface area contributed by atoms with Crippen molar-refractivity contribution >= 4 is 21.8 Å². The van der Waals surface area contributed by atoms with Gasteiger partial charge in [0.05, 0.1) is 11.0 Å². The molecule has 0 unspecified atom stereocenters. The zero-order valence-corrected chi connectivity index (χ0v) is 22.8. The van der Waals surface area contributed by atoms with Gasteiger partial charge < -0.3 is 8.98 Å². The molecule has 2 aromatic heterocycles. The molecule has 0 atom stereocenters. The van der Waals surface area contributed by atoms with Crippen LogP contribution >= 0.6 is 0 Å². The molecule has 7 rings (SSSR count). The smallest absolute Gasteiger partial charge is 0.248 e. The molecule has 0 aliphatic heterocycles. The first-order chi connectivity index (χ1) is 19.5. The summed E-state index contributed by atoms with van der Waals surface area (Å²) in [5.74, 6) is 1.02. The van der Waals surface area contributed by atoms with Gasteiger partial charge in [0.15, 0.2) is 0 Å². The monoisotopic (exact) mass is 519 g/mol. The Bertz CT molecular complexity index is 1970. The molecule has 0 saturated carbocycles. The fourth-order valence-electron chi connectivity index (χ4n) is 5.48. The third kappa shape index (κ3) is 4.09. The molecular formula is C36H29N3O. The molecule has 2 heterocycles. The Kier molecular flexibility index (Phi) is 5.64. The van der Waals surface area contributed by atoms with Crippen LogP contribution in [0.3, 0.4) is 0 Å². The number of para-hydroxylation sites is 2. The molecule has 0 spiro atoms. The van der Waals surface area contributed by atoms with Crippen LogP contribution in [0, 0.1) is 0 Å². The van der Waals surface area contributed by atoms with Gasteiger partial charge in [0.2, 0.25) is 11.8 Å². The van der Waals surface area contributed by atoms with Crippen LogP contribution in [0.5, 0.6) is 0 Å². The van der Waals surface area contributed by atoms with Crippen LogP contribution in [0.4, 0.5) is 0 Å². The van der Waals surface area contributed by atoms with Crippen molar-refractivity contribution in [3.05, 3.63) is 127 Å². The summed E-state index contributed by atoms with van der Waals surface area (Å²) in [5, 5.41) is 11.3. The van der Waals surface area contributed by atoms with E-state index in [1.165, 1.54) is 16.5 Å². The average Bonchev–Trinajstić information content (AvgIpc) is 3.60. The van der Waals surface area contributed by atoms with E-state index in [2.05, 4.69) is 133 Å². The fraction of sp³-hybridized carbons (Fsp3) is 0.111. The standard InChI is InChI=1S/C36H29N3O/c1-36(2,3)26-20-17-24(18-21-26)28-13-7-8-15-30(28)35-38-37-34(40-35)25-19-22-33-31(23-25)29-14-9-10-16-32(29)39(33)27-11-5-4-6-12-27/h4-23H,1-3H3. The van der Waals surface area contributed by atoms with E-state index in [1.54, 1.807) is 0 Å². The number of benzene rings is 5. The van der Waals surface area contributed by atoms with Crippen molar-refractivity contribution < 1.29 is 4.42 Å². The maximum atomic E-state index is 6.32. The summed E-state index contributed by atoms with van der Waals surface area (Å²) in [6.07, 6.45) is 0. The van der Waals surface area contributed by atoms with Gasteiger partial charge >= 0.3 is 0 Å². The SMILES string of the molecule is CC(C)(C)c1ccc(-c2ccccc2-c2nnc(-c3ccc4c(c3)c3ccccc3n4-c3ccccc3)o2)cc1. The Morgan fingerprint density at radius 1 is 0.550 bits per heavy atom. The maximum absolute atomic E-state index is 6.32. The van der Waals surface area contributed by atoms with Crippen LogP contribution in [-0.4, -0.2) is 14.8 Å². The normalized spacial score (nSPS) is 11.9. The molecule has 0 bridgehead atoms. The lowest BCUT2D eigenvalue weighted by Crippen LogP contribution is -2.10. The van der Waals surface area contributed by atoms with Crippen LogP contribution in [0.1, 0.15) is 26.3 Å². The van der Waals surface area contributed by atoms with E-state index < -0.39 is 0 Å². The Balaban J connectivity index is 1.30. The first-order valence-corrected chi connectivity index (χ1v) is 13.6. The summed E-state index contributed by atoms with van der Waals surface area (Å²) in [7, 11) is 0. The van der Waals surface area contributed by atoms with E-state index in [4.69, 9.17) is 4.42 Å². The van der Waals surface area contributed by atoms with E-state index in [9.17, 15) is 0 Å². The van der Waals surface area contributed by atoms with Gasteiger partial charge in [-0.3, -0.25) is 0 Å². The van der Waals surface area contributed by atoms with Crippen molar-refractivity contribution in [1.82, 2.24) is 14.8 Å². The van der Waals surface area contributed by atoms with Crippen molar-refractivity contribution in [1.29, 1.82) is 0 Å². The molecule has 5 aromatic carbocycles. The van der Waals surface area contributed by atoms with Gasteiger partial charge in [-0.15, -0.1) is 10.2 Å². The Hall–Kier alpha value is -4.96. The molecule has 0 amide bonds. The molecule has 0 fully saturated rings. The van der Waals surface area contributed by atoms with Gasteiger partial charge in [-0.1, -0.05) is 99.6 Å². The molecule has 4 heteroatoms. The number of hydrogen-bond acceptors (Lipinski definition) is 3. The number of nitrogens with zero attached hydrogens (tertiary/aromatic N) is 3. The molecule has 0 radical (unpaired) electrons. The second kappa shape index (κ2) is 9.35. The van der Waals surface area contributed by atoms with E-state index in [-0.39, 0.29) is 5.41 Å². The third-order valence-electron chi connectivity index (χ3n) is 7.58. The van der Waals surface area contributed by atoms with Gasteiger partial charge in [0.25, 0.3) is 0 Å². The number of aromatic nitrogens is 3. The summed E-state index contributed by atoms with van der Waals surface area (Å²) < 4.78 is 8.62. The summed E-state index contributed by atoms with van der Waals surface area (Å²) in [6, 6.07) is 42.3. The molecule has 4 nitrogen and oxygen atoms in total. The minimum absolute atomic E-state index is 0.105. The zero-order valence-electron chi connectivity index (χ0n) is 22.8. The lowest BCUT2D eigenvalue weighted by atomic mass is 9.86. The Morgan fingerprint density at radius 3 is 1.95 bits per heavy atom. The molecule has 0 aliphatic rings. The summed E-state index contributed by atoms with van der Waals surface area (Å²) in [4.78, 5) is 0. The van der Waals surface area contributed by atoms with E-state index in [0.29, 0.717) is 11.8 Å². The highest BCUT2D eigenvalue weighted by Crippen LogP contribution is 2.37. The number of fused-ring (bicyclic) bond motifs is 3. The lowest BCUT2D eigenvalue weighted by molar-refractivity contribution is 0.585. The first-order valence-electron chi connectivity index (χ1n) is 13.6. The van der Waals surface area contributed by atoms with Crippen molar-refractivity contribution in [2.75, 3.05) is 0 Å². The summed E-state index contributed by atoms with van der Waals surface area (Å²) in [6.45, 7) is 6.69. The van der Waals surface area contributed by atoms with Gasteiger partial charge in [0, 0.05) is 27.6 Å². The topological polar surface area (TPSA) is 43.9 Å². The Morgan fingerprint density at radius 2 is 1.18 bits per heavy atom. The van der Waals surface area contributed by atoms with Crippen molar-refractivity contribution in [3.8, 4) is 39.7 Å². The molecule has 0 N–H and O–H groups in total. The van der Waals surface area contributed by atoms with Gasteiger partial charge in [-0.2, -0.15) is 0 Å². The summed E-state index contributed by atoms with van der Waals surface area (Å²) >= 11 is 0. The second-order valence-electron chi connectivity index (χ2n) is 11.2. The van der Waals surface area contributed by atoms with E-state index in [1.807, 2.05) is 24.3 Å². The predicted molar refractivity (Wildman–Crippen MR) is 164 cm³/mol. The van der Waals surface area contributed by atoms with Crippen LogP contribution in [0.25, 0.3) is 61.5 Å². The fourth-order valence-corrected chi connectivity index (χ4v) is 5.48. The average molecular weight is 520 g/mol. The summed E-state index contributed by atoms with van der Waals surface area (Å²) in [5.41, 5.74) is 8.86. The van der Waals surface area contributed by atoms with Crippen molar-refractivity contribution in [2.45, 2.75) is 26.2 Å². The quantitative estimate of drug-likeness (QED) is 0.233. The molecule has 40 heavy (non-hydrogen) atoms. The molecular weight excluding hydrogens is 490 g/mol. The molecule has 0 saturated heterocycles. The zero-order chi connectivity index (χ0) is 27.3. The van der Waals surface area contributed by atoms with Crippen LogP contribution in [0.2, 0.25) is 0 Å². The minimum Gasteiger partial charge on any atom is -0.416 e. The highest BCUT2D eigenvalue weighted by Gasteiger charge is 2.18. The largest absolute Gasteiger partial charge is 0.416 e. The molecule has 194 valence electrons. The predicted octanol–water partition coefficient (Wildman–Crippen LogP) is 9.47. The lowest BCUT2D eigenvalue weighted by Gasteiger charge is -2.19. The first kappa shape index (κ1) is 24.1.